The first kappa shape index (κ1) is 12.8. The van der Waals surface area contributed by atoms with Crippen molar-refractivity contribution in [1.82, 2.24) is 0 Å². The van der Waals surface area contributed by atoms with Gasteiger partial charge in [-0.2, -0.15) is 0 Å². The highest BCUT2D eigenvalue weighted by Gasteiger charge is 2.24. The third-order valence-corrected chi connectivity index (χ3v) is 3.62. The van der Waals surface area contributed by atoms with Crippen LogP contribution in [0.15, 0.2) is 42.0 Å². The summed E-state index contributed by atoms with van der Waals surface area (Å²) in [6, 6.07) is 10.00. The summed E-state index contributed by atoms with van der Waals surface area (Å²) >= 11 is 0. The topological polar surface area (TPSA) is 65.0 Å². The monoisotopic (exact) mass is 296 g/mol. The van der Waals surface area contributed by atoms with Crippen LogP contribution in [0.5, 0.6) is 23.0 Å². The predicted molar refractivity (Wildman–Crippen MR) is 78.5 cm³/mol. The van der Waals surface area contributed by atoms with Crippen LogP contribution in [-0.4, -0.2) is 24.3 Å². The maximum atomic E-state index is 12.5. The van der Waals surface area contributed by atoms with Crippen molar-refractivity contribution >= 4 is 11.9 Å². The van der Waals surface area contributed by atoms with Crippen molar-refractivity contribution in [2.75, 3.05) is 13.4 Å². The van der Waals surface area contributed by atoms with E-state index >= 15 is 0 Å². The van der Waals surface area contributed by atoms with Crippen LogP contribution < -0.4 is 14.2 Å². The van der Waals surface area contributed by atoms with Crippen LogP contribution in [0.4, 0.5) is 0 Å². The van der Waals surface area contributed by atoms with Crippen molar-refractivity contribution in [2.45, 2.75) is 0 Å². The highest BCUT2D eigenvalue weighted by atomic mass is 16.7. The van der Waals surface area contributed by atoms with Gasteiger partial charge in [0, 0.05) is 5.57 Å². The molecule has 110 valence electrons. The Kier molecular flexibility index (Phi) is 2.79. The largest absolute Gasteiger partial charge is 0.508 e. The molecule has 0 radical (unpaired) electrons. The number of aromatic hydroxyl groups is 1. The summed E-state index contributed by atoms with van der Waals surface area (Å²) in [5, 5.41) is 9.53. The Morgan fingerprint density at radius 3 is 2.68 bits per heavy atom. The molecule has 2 aromatic rings. The molecule has 0 saturated carbocycles. The van der Waals surface area contributed by atoms with E-state index in [0.717, 1.165) is 5.56 Å². The molecule has 2 aliphatic rings. The Balaban J connectivity index is 1.70. The molecule has 0 unspecified atom stereocenters. The molecule has 1 N–H and O–H groups in total. The van der Waals surface area contributed by atoms with Gasteiger partial charge in [0.25, 0.3) is 0 Å². The van der Waals surface area contributed by atoms with Crippen LogP contribution in [0.3, 0.4) is 0 Å². The summed E-state index contributed by atoms with van der Waals surface area (Å²) in [6.45, 7) is 0.412. The summed E-state index contributed by atoms with van der Waals surface area (Å²) in [4.78, 5) is 12.5. The fourth-order valence-electron chi connectivity index (χ4n) is 2.53. The first-order valence-corrected chi connectivity index (χ1v) is 6.81. The number of fused-ring (bicyclic) bond motifs is 2. The Bertz CT molecular complexity index is 807. The molecule has 0 aliphatic carbocycles. The van der Waals surface area contributed by atoms with Crippen LogP contribution in [0.2, 0.25) is 0 Å². The lowest BCUT2D eigenvalue weighted by atomic mass is 9.98. The molecule has 0 bridgehead atoms. The molecule has 5 heteroatoms. The molecule has 5 nitrogen and oxygen atoms in total. The second kappa shape index (κ2) is 4.80. The minimum Gasteiger partial charge on any atom is -0.508 e. The van der Waals surface area contributed by atoms with E-state index < -0.39 is 0 Å². The van der Waals surface area contributed by atoms with Crippen molar-refractivity contribution in [2.24, 2.45) is 0 Å². The molecule has 2 heterocycles. The van der Waals surface area contributed by atoms with Gasteiger partial charge in [0.05, 0.1) is 5.56 Å². The number of phenols is 1. The molecule has 0 aromatic heterocycles. The third-order valence-electron chi connectivity index (χ3n) is 3.62. The summed E-state index contributed by atoms with van der Waals surface area (Å²) in [6.07, 6.45) is 1.76. The highest BCUT2D eigenvalue weighted by molar-refractivity contribution is 6.14. The normalized spacial score (nSPS) is 17.3. The van der Waals surface area contributed by atoms with E-state index in [1.165, 1.54) is 12.1 Å². The van der Waals surface area contributed by atoms with Crippen molar-refractivity contribution in [1.29, 1.82) is 0 Å². The molecular weight excluding hydrogens is 284 g/mol. The van der Waals surface area contributed by atoms with E-state index in [9.17, 15) is 9.90 Å². The van der Waals surface area contributed by atoms with E-state index in [4.69, 9.17) is 14.2 Å². The van der Waals surface area contributed by atoms with E-state index in [1.807, 2.05) is 18.2 Å². The number of rotatable bonds is 1. The maximum absolute atomic E-state index is 12.5. The SMILES string of the molecule is O=C1C(=Cc2ccc3c(c2)OCO3)COc2ccc(O)cc21. The molecule has 22 heavy (non-hydrogen) atoms. The first-order chi connectivity index (χ1) is 10.7. The van der Waals surface area contributed by atoms with Gasteiger partial charge in [0.1, 0.15) is 18.1 Å². The Morgan fingerprint density at radius 2 is 1.77 bits per heavy atom. The van der Waals surface area contributed by atoms with Crippen molar-refractivity contribution < 1.29 is 24.1 Å². The van der Waals surface area contributed by atoms with Crippen molar-refractivity contribution in [3.63, 3.8) is 0 Å². The van der Waals surface area contributed by atoms with Gasteiger partial charge in [-0.1, -0.05) is 6.07 Å². The molecule has 0 amide bonds. The Morgan fingerprint density at radius 1 is 0.955 bits per heavy atom. The Hall–Kier alpha value is -2.95. The van der Waals surface area contributed by atoms with E-state index in [2.05, 4.69) is 0 Å². The van der Waals surface area contributed by atoms with Gasteiger partial charge in [-0.3, -0.25) is 4.79 Å². The zero-order chi connectivity index (χ0) is 15.1. The molecular formula is C17H12O5. The van der Waals surface area contributed by atoms with E-state index in [0.29, 0.717) is 28.4 Å². The van der Waals surface area contributed by atoms with Crippen molar-refractivity contribution in [3.05, 3.63) is 53.1 Å². The van der Waals surface area contributed by atoms with Crippen molar-refractivity contribution in [3.8, 4) is 23.0 Å². The third kappa shape index (κ3) is 2.07. The smallest absolute Gasteiger partial charge is 0.231 e. The quantitative estimate of drug-likeness (QED) is 0.820. The number of Topliss-reactive ketones (excluding diaryl/α,β-unsaturated/α-hetero) is 1. The van der Waals surface area contributed by atoms with Gasteiger partial charge in [0.15, 0.2) is 17.3 Å². The number of ether oxygens (including phenoxy) is 3. The highest BCUT2D eigenvalue weighted by Crippen LogP contribution is 2.34. The lowest BCUT2D eigenvalue weighted by molar-refractivity contribution is 0.100. The molecule has 0 spiro atoms. The number of carbonyl (C=O) groups excluding carboxylic acids is 1. The summed E-state index contributed by atoms with van der Waals surface area (Å²) < 4.78 is 16.2. The molecule has 0 fully saturated rings. The Labute approximate surface area is 126 Å². The number of hydrogen-bond donors (Lipinski definition) is 1. The summed E-state index contributed by atoms with van der Waals surface area (Å²) in [5.41, 5.74) is 1.73. The van der Waals surface area contributed by atoms with Gasteiger partial charge < -0.3 is 19.3 Å². The standard InChI is InChI=1S/C17H12O5/c18-12-2-4-14-13(7-12)17(19)11(8-20-14)5-10-1-3-15-16(6-10)22-9-21-15/h1-7,18H,8-9H2. The number of benzene rings is 2. The van der Waals surface area contributed by atoms with Gasteiger partial charge in [-0.15, -0.1) is 0 Å². The molecule has 0 saturated heterocycles. The van der Waals surface area contributed by atoms with Crippen LogP contribution in [0.1, 0.15) is 15.9 Å². The van der Waals surface area contributed by atoms with Crippen LogP contribution in [0, 0.1) is 0 Å². The van der Waals surface area contributed by atoms with Gasteiger partial charge in [-0.25, -0.2) is 0 Å². The molecule has 4 rings (SSSR count). The van der Waals surface area contributed by atoms with E-state index in [-0.39, 0.29) is 24.9 Å². The molecule has 0 atom stereocenters. The van der Waals surface area contributed by atoms with Gasteiger partial charge >= 0.3 is 0 Å². The first-order valence-electron chi connectivity index (χ1n) is 6.81. The minimum absolute atomic E-state index is 0.0417. The average molecular weight is 296 g/mol. The zero-order valence-electron chi connectivity index (χ0n) is 11.5. The van der Waals surface area contributed by atoms with E-state index in [1.54, 1.807) is 12.1 Å². The predicted octanol–water partition coefficient (Wildman–Crippen LogP) is 2.78. The second-order valence-electron chi connectivity index (χ2n) is 5.08. The fraction of sp³-hybridized carbons (Fsp3) is 0.118. The number of carbonyl (C=O) groups is 1. The van der Waals surface area contributed by atoms with Crippen LogP contribution in [-0.2, 0) is 0 Å². The van der Waals surface area contributed by atoms with Crippen LogP contribution in [0.25, 0.3) is 6.08 Å². The van der Waals surface area contributed by atoms with Crippen LogP contribution >= 0.6 is 0 Å². The van der Waals surface area contributed by atoms with Gasteiger partial charge in [-0.05, 0) is 42.0 Å². The molecule has 2 aliphatic heterocycles. The molecule has 2 aromatic carbocycles. The fourth-order valence-corrected chi connectivity index (χ4v) is 2.53. The van der Waals surface area contributed by atoms with Gasteiger partial charge in [0.2, 0.25) is 6.79 Å². The number of ketones is 1. The summed E-state index contributed by atoms with van der Waals surface area (Å²) in [7, 11) is 0. The number of phenolic OH excluding ortho intramolecular Hbond substituents is 1. The minimum atomic E-state index is -0.144. The average Bonchev–Trinajstić information content (AvgIpc) is 2.98. The summed E-state index contributed by atoms with van der Waals surface area (Å²) in [5.74, 6) is 1.75. The lowest BCUT2D eigenvalue weighted by Crippen LogP contribution is -2.18. The second-order valence-corrected chi connectivity index (χ2v) is 5.08. The maximum Gasteiger partial charge on any atom is 0.231 e. The number of hydrogen-bond acceptors (Lipinski definition) is 5. The zero-order valence-corrected chi connectivity index (χ0v) is 11.5. The lowest BCUT2D eigenvalue weighted by Gasteiger charge is -2.18.